The van der Waals surface area contributed by atoms with Gasteiger partial charge in [0.05, 0.1) is 25.5 Å². The Morgan fingerprint density at radius 3 is 2.24 bits per heavy atom. The van der Waals surface area contributed by atoms with Gasteiger partial charge in [-0.1, -0.05) is 19.1 Å². The number of piperidine rings is 1. The molecule has 174 valence electrons. The van der Waals surface area contributed by atoms with E-state index < -0.39 is 0 Å². The van der Waals surface area contributed by atoms with Gasteiger partial charge in [-0.15, -0.1) is 0 Å². The normalized spacial score (nSPS) is 17.1. The fraction of sp³-hybridized carbons (Fsp3) is 0.385. The summed E-state index contributed by atoms with van der Waals surface area (Å²) in [5.74, 6) is 1.09. The Bertz CT molecular complexity index is 1100. The average molecular weight is 450 g/mol. The molecule has 0 bridgehead atoms. The maximum atomic E-state index is 13.8. The highest BCUT2D eigenvalue weighted by atomic mass is 16.5. The van der Waals surface area contributed by atoms with Crippen LogP contribution in [-0.4, -0.2) is 58.1 Å². The molecule has 2 heterocycles. The van der Waals surface area contributed by atoms with Crippen molar-refractivity contribution in [2.45, 2.75) is 19.8 Å². The number of benzene rings is 2. The zero-order chi connectivity index (χ0) is 23.7. The number of likely N-dealkylation sites (tertiary alicyclic amines) is 1. The number of amides is 2. The molecule has 2 aliphatic heterocycles. The number of carbonyl (C=O) groups is 2. The molecule has 0 radical (unpaired) electrons. The Labute approximate surface area is 195 Å². The van der Waals surface area contributed by atoms with E-state index >= 15 is 0 Å². The third-order valence-corrected chi connectivity index (χ3v) is 6.44. The molecule has 7 nitrogen and oxygen atoms in total. The van der Waals surface area contributed by atoms with Crippen LogP contribution in [0.25, 0.3) is 5.57 Å². The first-order valence-electron chi connectivity index (χ1n) is 11.2. The number of hydrogen-bond donors (Lipinski definition) is 0. The summed E-state index contributed by atoms with van der Waals surface area (Å²) in [6.07, 6.45) is 1.97. The molecule has 2 aromatic carbocycles. The lowest BCUT2D eigenvalue weighted by molar-refractivity contribution is -0.120. The van der Waals surface area contributed by atoms with Crippen molar-refractivity contribution in [3.8, 4) is 11.5 Å². The van der Waals surface area contributed by atoms with E-state index in [1.54, 1.807) is 32.4 Å². The standard InChI is InChI=1S/C26H31N3O4/c1-17-11-13-28(14-12-17)24-23(18-9-10-21(32-4)22(15-18)33-5)25(30)29(26(24)31)20-8-6-7-19(16-20)27(2)3/h6-10,15-17H,11-14H2,1-5H3. The molecule has 0 atom stereocenters. The van der Waals surface area contributed by atoms with Crippen LogP contribution in [0.3, 0.4) is 0 Å². The van der Waals surface area contributed by atoms with E-state index in [9.17, 15) is 9.59 Å². The summed E-state index contributed by atoms with van der Waals surface area (Å²) in [5.41, 5.74) is 3.00. The molecule has 7 heteroatoms. The summed E-state index contributed by atoms with van der Waals surface area (Å²) in [5, 5.41) is 0. The van der Waals surface area contributed by atoms with E-state index in [-0.39, 0.29) is 11.8 Å². The van der Waals surface area contributed by atoms with Gasteiger partial charge in [0.25, 0.3) is 11.8 Å². The third kappa shape index (κ3) is 4.15. The molecule has 4 rings (SSSR count). The number of methoxy groups -OCH3 is 2. The Morgan fingerprint density at radius 2 is 1.61 bits per heavy atom. The van der Waals surface area contributed by atoms with Crippen molar-refractivity contribution in [3.05, 3.63) is 53.7 Å². The summed E-state index contributed by atoms with van der Waals surface area (Å²) in [4.78, 5) is 32.9. The molecule has 0 saturated carbocycles. The third-order valence-electron chi connectivity index (χ3n) is 6.44. The van der Waals surface area contributed by atoms with Crippen LogP contribution in [0.1, 0.15) is 25.3 Å². The van der Waals surface area contributed by atoms with Crippen molar-refractivity contribution in [2.24, 2.45) is 5.92 Å². The summed E-state index contributed by atoms with van der Waals surface area (Å²) in [6, 6.07) is 12.8. The van der Waals surface area contributed by atoms with Crippen LogP contribution < -0.4 is 19.3 Å². The molecule has 1 fully saturated rings. The molecule has 0 aliphatic carbocycles. The van der Waals surface area contributed by atoms with Crippen LogP contribution in [0.2, 0.25) is 0 Å². The summed E-state index contributed by atoms with van der Waals surface area (Å²) in [6.45, 7) is 3.72. The number of ether oxygens (including phenoxy) is 2. The molecule has 2 aromatic rings. The van der Waals surface area contributed by atoms with Gasteiger partial charge in [0.1, 0.15) is 5.70 Å². The number of rotatable bonds is 6. The summed E-state index contributed by atoms with van der Waals surface area (Å²) in [7, 11) is 6.99. The van der Waals surface area contributed by atoms with Crippen molar-refractivity contribution >= 4 is 28.8 Å². The minimum absolute atomic E-state index is 0.282. The van der Waals surface area contributed by atoms with E-state index in [1.807, 2.05) is 43.3 Å². The lowest BCUT2D eigenvalue weighted by atomic mass is 9.97. The monoisotopic (exact) mass is 449 g/mol. The lowest BCUT2D eigenvalue weighted by Gasteiger charge is -2.32. The molecule has 0 aromatic heterocycles. The minimum Gasteiger partial charge on any atom is -0.493 e. The van der Waals surface area contributed by atoms with Gasteiger partial charge in [-0.25, -0.2) is 4.90 Å². The van der Waals surface area contributed by atoms with E-state index in [4.69, 9.17) is 9.47 Å². The second-order valence-electron chi connectivity index (χ2n) is 8.82. The van der Waals surface area contributed by atoms with Crippen molar-refractivity contribution in [2.75, 3.05) is 51.2 Å². The summed E-state index contributed by atoms with van der Waals surface area (Å²) < 4.78 is 10.8. The van der Waals surface area contributed by atoms with Crippen LogP contribution in [0, 0.1) is 5.92 Å². The van der Waals surface area contributed by atoms with Gasteiger partial charge in [0.15, 0.2) is 11.5 Å². The van der Waals surface area contributed by atoms with Gasteiger partial charge in [0, 0.05) is 32.9 Å². The van der Waals surface area contributed by atoms with Crippen LogP contribution in [0.4, 0.5) is 11.4 Å². The number of carbonyl (C=O) groups excluding carboxylic acids is 2. The zero-order valence-electron chi connectivity index (χ0n) is 19.9. The molecule has 0 spiro atoms. The van der Waals surface area contributed by atoms with Crippen LogP contribution >= 0.6 is 0 Å². The largest absolute Gasteiger partial charge is 0.493 e. The van der Waals surface area contributed by atoms with Gasteiger partial charge in [-0.05, 0) is 54.7 Å². The van der Waals surface area contributed by atoms with Gasteiger partial charge in [-0.2, -0.15) is 0 Å². The first-order valence-corrected chi connectivity index (χ1v) is 11.2. The smallest absolute Gasteiger partial charge is 0.282 e. The minimum atomic E-state index is -0.322. The number of anilines is 2. The van der Waals surface area contributed by atoms with Crippen LogP contribution in [0.15, 0.2) is 48.2 Å². The average Bonchev–Trinajstić information content (AvgIpc) is 3.09. The predicted molar refractivity (Wildman–Crippen MR) is 130 cm³/mol. The summed E-state index contributed by atoms with van der Waals surface area (Å²) >= 11 is 0. The predicted octanol–water partition coefficient (Wildman–Crippen LogP) is 3.79. The lowest BCUT2D eigenvalue weighted by Crippen LogP contribution is -2.38. The Hall–Kier alpha value is -3.48. The second-order valence-corrected chi connectivity index (χ2v) is 8.82. The fourth-order valence-electron chi connectivity index (χ4n) is 4.44. The number of hydrogen-bond acceptors (Lipinski definition) is 6. The van der Waals surface area contributed by atoms with Crippen LogP contribution in [-0.2, 0) is 9.59 Å². The fourth-order valence-corrected chi connectivity index (χ4v) is 4.44. The highest BCUT2D eigenvalue weighted by molar-refractivity contribution is 6.45. The first-order chi connectivity index (χ1) is 15.8. The van der Waals surface area contributed by atoms with Crippen molar-refractivity contribution in [1.29, 1.82) is 0 Å². The highest BCUT2D eigenvalue weighted by Crippen LogP contribution is 2.39. The first kappa shape index (κ1) is 22.7. The Balaban J connectivity index is 1.83. The zero-order valence-corrected chi connectivity index (χ0v) is 19.9. The van der Waals surface area contributed by atoms with Gasteiger partial charge >= 0.3 is 0 Å². The van der Waals surface area contributed by atoms with E-state index in [1.165, 1.54) is 4.90 Å². The van der Waals surface area contributed by atoms with Gasteiger partial charge in [-0.3, -0.25) is 9.59 Å². The van der Waals surface area contributed by atoms with Gasteiger partial charge in [0.2, 0.25) is 0 Å². The van der Waals surface area contributed by atoms with E-state index in [0.29, 0.717) is 39.9 Å². The van der Waals surface area contributed by atoms with Crippen LogP contribution in [0.5, 0.6) is 11.5 Å². The molecule has 2 amide bonds. The number of imide groups is 1. The molecule has 33 heavy (non-hydrogen) atoms. The molecular formula is C26H31N3O4. The van der Waals surface area contributed by atoms with Crippen molar-refractivity contribution < 1.29 is 19.1 Å². The quantitative estimate of drug-likeness (QED) is 0.626. The van der Waals surface area contributed by atoms with E-state index in [0.717, 1.165) is 31.6 Å². The molecule has 1 saturated heterocycles. The van der Waals surface area contributed by atoms with Crippen molar-refractivity contribution in [1.82, 2.24) is 4.90 Å². The van der Waals surface area contributed by atoms with Crippen molar-refractivity contribution in [3.63, 3.8) is 0 Å². The molecular weight excluding hydrogens is 418 g/mol. The number of nitrogens with zero attached hydrogens (tertiary/aromatic N) is 3. The maximum Gasteiger partial charge on any atom is 0.282 e. The maximum absolute atomic E-state index is 13.8. The molecule has 0 N–H and O–H groups in total. The second kappa shape index (κ2) is 9.17. The van der Waals surface area contributed by atoms with E-state index in [2.05, 4.69) is 11.8 Å². The molecule has 2 aliphatic rings. The SMILES string of the molecule is COc1ccc(C2=C(N3CCC(C)CC3)C(=O)N(c3cccc(N(C)C)c3)C2=O)cc1OC. The molecule has 0 unspecified atom stereocenters. The van der Waals surface area contributed by atoms with Gasteiger partial charge < -0.3 is 19.3 Å². The topological polar surface area (TPSA) is 62.3 Å². The highest BCUT2D eigenvalue weighted by Gasteiger charge is 2.43. The Morgan fingerprint density at radius 1 is 0.909 bits per heavy atom. The Kier molecular flexibility index (Phi) is 6.31.